The third-order valence-electron chi connectivity index (χ3n) is 3.52. The largest absolute Gasteiger partial charge is 0.364 e. The first-order valence-electron chi connectivity index (χ1n) is 7.00. The molecule has 4 heteroatoms. The van der Waals surface area contributed by atoms with E-state index in [1.807, 2.05) is 11.8 Å². The van der Waals surface area contributed by atoms with Gasteiger partial charge >= 0.3 is 0 Å². The molecule has 2 aliphatic rings. The second kappa shape index (κ2) is 6.64. The summed E-state index contributed by atoms with van der Waals surface area (Å²) in [5, 5.41) is 5.47. The normalized spacial score (nSPS) is 24.2. The Balaban J connectivity index is 1.58. The highest BCUT2D eigenvalue weighted by Gasteiger charge is 2.35. The first-order chi connectivity index (χ1) is 8.33. The lowest BCUT2D eigenvalue weighted by Crippen LogP contribution is -2.34. The van der Waals surface area contributed by atoms with Gasteiger partial charge in [0.05, 0.1) is 6.54 Å². The quantitative estimate of drug-likeness (QED) is 0.756. The van der Waals surface area contributed by atoms with Gasteiger partial charge in [0, 0.05) is 18.3 Å². The highest BCUT2D eigenvalue weighted by Crippen LogP contribution is 2.41. The Hall–Kier alpha value is -0.220. The van der Waals surface area contributed by atoms with Gasteiger partial charge in [-0.3, -0.25) is 4.99 Å². The van der Waals surface area contributed by atoms with Crippen LogP contribution in [0.25, 0.3) is 0 Å². The summed E-state index contributed by atoms with van der Waals surface area (Å²) in [5.74, 6) is 0.968. The zero-order chi connectivity index (χ0) is 12.1. The van der Waals surface area contributed by atoms with E-state index in [-0.39, 0.29) is 0 Å². The van der Waals surface area contributed by atoms with Crippen molar-refractivity contribution < 1.29 is 0 Å². The molecule has 1 unspecified atom stereocenters. The third-order valence-corrected chi connectivity index (χ3v) is 4.85. The Bertz CT molecular complexity index is 263. The Morgan fingerprint density at radius 2 is 2.18 bits per heavy atom. The van der Waals surface area contributed by atoms with E-state index in [0.717, 1.165) is 37.3 Å². The molecule has 1 aliphatic carbocycles. The smallest absolute Gasteiger partial charge is 0.156 e. The fourth-order valence-corrected chi connectivity index (χ4v) is 3.50. The lowest BCUT2D eigenvalue weighted by molar-refractivity contribution is 0.293. The van der Waals surface area contributed by atoms with Crippen LogP contribution in [-0.4, -0.2) is 48.0 Å². The maximum absolute atomic E-state index is 4.60. The van der Waals surface area contributed by atoms with E-state index < -0.39 is 0 Å². The Morgan fingerprint density at radius 3 is 2.82 bits per heavy atom. The van der Waals surface area contributed by atoms with Crippen LogP contribution in [0.3, 0.4) is 0 Å². The molecule has 0 amide bonds. The summed E-state index contributed by atoms with van der Waals surface area (Å²) in [4.78, 5) is 7.09. The van der Waals surface area contributed by atoms with Crippen molar-refractivity contribution in [3.05, 3.63) is 0 Å². The van der Waals surface area contributed by atoms with E-state index in [1.165, 1.54) is 31.0 Å². The number of rotatable bonds is 7. The first kappa shape index (κ1) is 13.2. The molecular formula is C13H25N3S. The van der Waals surface area contributed by atoms with Gasteiger partial charge in [0.1, 0.15) is 0 Å². The van der Waals surface area contributed by atoms with E-state index in [9.17, 15) is 0 Å². The van der Waals surface area contributed by atoms with Crippen molar-refractivity contribution in [1.29, 1.82) is 0 Å². The second-order valence-corrected chi connectivity index (χ2v) is 6.23. The van der Waals surface area contributed by atoms with Crippen LogP contribution in [0.15, 0.2) is 4.99 Å². The van der Waals surface area contributed by atoms with Crippen molar-refractivity contribution in [2.45, 2.75) is 38.4 Å². The minimum Gasteiger partial charge on any atom is -0.364 e. The molecule has 98 valence electrons. The van der Waals surface area contributed by atoms with E-state index in [2.05, 4.69) is 29.1 Å². The molecule has 1 fully saturated rings. The van der Waals surface area contributed by atoms with Crippen molar-refractivity contribution >= 4 is 16.9 Å². The molecule has 0 aromatic rings. The summed E-state index contributed by atoms with van der Waals surface area (Å²) < 4.78 is 0. The number of aliphatic imine (C=N–C) groups is 1. The molecule has 0 aromatic heterocycles. The number of likely N-dealkylation sites (N-methyl/N-ethyl adjacent to an activating group) is 1. The standard InChI is InChI=1S/C13H25N3S/c1-3-8-16(4-2)9-7-14-13-15-10-12(17-13)11-5-6-11/h11-12H,3-10H2,1-2H3,(H,14,15). The van der Waals surface area contributed by atoms with Gasteiger partial charge in [-0.1, -0.05) is 25.6 Å². The molecule has 0 radical (unpaired) electrons. The molecule has 0 spiro atoms. The minimum atomic E-state index is 0.787. The number of hydrogen-bond donors (Lipinski definition) is 1. The van der Waals surface area contributed by atoms with Gasteiger partial charge in [-0.2, -0.15) is 0 Å². The Kier molecular flexibility index (Phi) is 5.16. The van der Waals surface area contributed by atoms with Crippen molar-refractivity contribution in [3.63, 3.8) is 0 Å². The monoisotopic (exact) mass is 255 g/mol. The average molecular weight is 255 g/mol. The molecule has 2 rings (SSSR count). The molecule has 1 N–H and O–H groups in total. The van der Waals surface area contributed by atoms with Gasteiger partial charge < -0.3 is 10.2 Å². The van der Waals surface area contributed by atoms with Crippen molar-refractivity contribution in [3.8, 4) is 0 Å². The molecule has 0 bridgehead atoms. The van der Waals surface area contributed by atoms with Gasteiger partial charge in [-0.05, 0) is 38.3 Å². The summed E-state index contributed by atoms with van der Waals surface area (Å²) in [7, 11) is 0. The summed E-state index contributed by atoms with van der Waals surface area (Å²) in [6.45, 7) is 10.1. The van der Waals surface area contributed by atoms with E-state index >= 15 is 0 Å². The van der Waals surface area contributed by atoms with Crippen LogP contribution in [-0.2, 0) is 0 Å². The Morgan fingerprint density at radius 1 is 1.35 bits per heavy atom. The lowest BCUT2D eigenvalue weighted by atomic mass is 10.3. The van der Waals surface area contributed by atoms with Gasteiger partial charge in [0.15, 0.2) is 5.17 Å². The second-order valence-electron chi connectivity index (χ2n) is 5.00. The van der Waals surface area contributed by atoms with E-state index in [1.54, 1.807) is 0 Å². The number of hydrogen-bond acceptors (Lipinski definition) is 4. The maximum Gasteiger partial charge on any atom is 0.156 e. The van der Waals surface area contributed by atoms with E-state index in [4.69, 9.17) is 0 Å². The van der Waals surface area contributed by atoms with E-state index in [0.29, 0.717) is 0 Å². The maximum atomic E-state index is 4.60. The molecule has 17 heavy (non-hydrogen) atoms. The molecule has 3 nitrogen and oxygen atoms in total. The number of nitrogens with one attached hydrogen (secondary N) is 1. The van der Waals surface area contributed by atoms with Crippen LogP contribution in [0, 0.1) is 5.92 Å². The summed E-state index contributed by atoms with van der Waals surface area (Å²) in [5.41, 5.74) is 0. The summed E-state index contributed by atoms with van der Waals surface area (Å²) >= 11 is 1.97. The molecule has 0 aromatic carbocycles. The molecule has 1 heterocycles. The van der Waals surface area contributed by atoms with Gasteiger partial charge in [0.2, 0.25) is 0 Å². The highest BCUT2D eigenvalue weighted by molar-refractivity contribution is 8.14. The minimum absolute atomic E-state index is 0.787. The Labute approximate surface area is 109 Å². The average Bonchev–Trinajstić information content (AvgIpc) is 3.09. The topological polar surface area (TPSA) is 27.6 Å². The van der Waals surface area contributed by atoms with Crippen LogP contribution < -0.4 is 5.32 Å². The fourth-order valence-electron chi connectivity index (χ4n) is 2.27. The lowest BCUT2D eigenvalue weighted by Gasteiger charge is -2.19. The summed E-state index contributed by atoms with van der Waals surface area (Å²) in [6, 6.07) is 0. The fraction of sp³-hybridized carbons (Fsp3) is 0.923. The van der Waals surface area contributed by atoms with Crippen LogP contribution in [0.1, 0.15) is 33.1 Å². The van der Waals surface area contributed by atoms with Gasteiger partial charge in [-0.15, -0.1) is 0 Å². The predicted molar refractivity (Wildman–Crippen MR) is 76.8 cm³/mol. The van der Waals surface area contributed by atoms with Crippen LogP contribution in [0.2, 0.25) is 0 Å². The van der Waals surface area contributed by atoms with Crippen molar-refractivity contribution in [2.24, 2.45) is 10.9 Å². The third kappa shape index (κ3) is 4.18. The zero-order valence-electron chi connectivity index (χ0n) is 11.1. The molecule has 1 atom stereocenters. The zero-order valence-corrected chi connectivity index (χ0v) is 11.9. The molecule has 1 saturated carbocycles. The van der Waals surface area contributed by atoms with Crippen LogP contribution >= 0.6 is 11.8 Å². The van der Waals surface area contributed by atoms with Gasteiger partial charge in [-0.25, -0.2) is 0 Å². The predicted octanol–water partition coefficient (Wildman–Crippen LogP) is 2.19. The molecule has 1 aliphatic heterocycles. The first-order valence-corrected chi connectivity index (χ1v) is 7.88. The molecule has 0 saturated heterocycles. The highest BCUT2D eigenvalue weighted by atomic mass is 32.2. The summed E-state index contributed by atoms with van der Waals surface area (Å²) in [6.07, 6.45) is 4.11. The number of amidine groups is 1. The van der Waals surface area contributed by atoms with Crippen molar-refractivity contribution in [1.82, 2.24) is 10.2 Å². The molecular weight excluding hydrogens is 230 g/mol. The number of thioether (sulfide) groups is 1. The van der Waals surface area contributed by atoms with Gasteiger partial charge in [0.25, 0.3) is 0 Å². The SMILES string of the molecule is CCCN(CC)CCNC1=NCC(C2CC2)S1. The van der Waals surface area contributed by atoms with Crippen LogP contribution in [0.4, 0.5) is 0 Å². The van der Waals surface area contributed by atoms with Crippen LogP contribution in [0.5, 0.6) is 0 Å². The number of nitrogens with zero attached hydrogens (tertiary/aromatic N) is 2. The van der Waals surface area contributed by atoms with Crippen molar-refractivity contribution in [2.75, 3.05) is 32.7 Å².